The first-order chi connectivity index (χ1) is 9.44. The highest BCUT2D eigenvalue weighted by molar-refractivity contribution is 7.89. The van der Waals surface area contributed by atoms with Crippen LogP contribution >= 0.6 is 0 Å². The van der Waals surface area contributed by atoms with Crippen molar-refractivity contribution in [2.24, 2.45) is 11.7 Å². The zero-order valence-electron chi connectivity index (χ0n) is 12.6. The second-order valence-electron chi connectivity index (χ2n) is 5.00. The number of rotatable bonds is 9. The highest BCUT2D eigenvalue weighted by Gasteiger charge is 2.20. The fraction of sp³-hybridized carbons (Fsp3) is 0.769. The molecule has 7 heteroatoms. The quantitative estimate of drug-likeness (QED) is 0.718. The van der Waals surface area contributed by atoms with Crippen molar-refractivity contribution in [2.45, 2.75) is 51.6 Å². The third-order valence-corrected chi connectivity index (χ3v) is 4.70. The van der Waals surface area contributed by atoms with Crippen LogP contribution in [0.3, 0.4) is 0 Å². The molecule has 0 aromatic carbocycles. The molecule has 6 nitrogen and oxygen atoms in total. The number of nitrogens with one attached hydrogen (secondary N) is 1. The summed E-state index contributed by atoms with van der Waals surface area (Å²) in [6, 6.07) is 0. The van der Waals surface area contributed by atoms with Crippen molar-refractivity contribution < 1.29 is 8.42 Å². The predicted octanol–water partition coefficient (Wildman–Crippen LogP) is 1.25. The Hall–Kier alpha value is -0.920. The zero-order chi connectivity index (χ0) is 15.2. The van der Waals surface area contributed by atoms with Gasteiger partial charge >= 0.3 is 0 Å². The lowest BCUT2D eigenvalue weighted by Crippen LogP contribution is -2.30. The van der Waals surface area contributed by atoms with Gasteiger partial charge in [0.2, 0.25) is 0 Å². The molecule has 1 rings (SSSR count). The van der Waals surface area contributed by atoms with Crippen molar-refractivity contribution in [1.82, 2.24) is 14.3 Å². The van der Waals surface area contributed by atoms with Crippen LogP contribution in [0.5, 0.6) is 0 Å². The summed E-state index contributed by atoms with van der Waals surface area (Å²) in [5.41, 5.74) is 5.56. The van der Waals surface area contributed by atoms with Crippen LogP contribution in [0.4, 0.5) is 0 Å². The number of hydrogen-bond donors (Lipinski definition) is 2. The van der Waals surface area contributed by atoms with Crippen LogP contribution in [0.15, 0.2) is 11.2 Å². The molecule has 0 radical (unpaired) electrons. The Kier molecular flexibility index (Phi) is 6.64. The van der Waals surface area contributed by atoms with Crippen LogP contribution in [0.2, 0.25) is 0 Å². The maximum atomic E-state index is 12.2. The minimum atomic E-state index is -3.53. The van der Waals surface area contributed by atoms with Gasteiger partial charge in [0.1, 0.15) is 5.82 Å². The van der Waals surface area contributed by atoms with E-state index in [-0.39, 0.29) is 10.9 Å². The van der Waals surface area contributed by atoms with E-state index in [4.69, 9.17) is 5.73 Å². The fourth-order valence-corrected chi connectivity index (χ4v) is 3.34. The SMILES string of the molecule is CCCC(CCN)CNS(=O)(=O)c1cn(CC)c(C)n1. The van der Waals surface area contributed by atoms with Gasteiger partial charge < -0.3 is 10.3 Å². The van der Waals surface area contributed by atoms with Crippen LogP contribution in [-0.2, 0) is 16.6 Å². The highest BCUT2D eigenvalue weighted by atomic mass is 32.2. The Bertz CT molecular complexity index is 504. The second-order valence-corrected chi connectivity index (χ2v) is 6.71. The van der Waals surface area contributed by atoms with Crippen molar-refractivity contribution in [3.63, 3.8) is 0 Å². The van der Waals surface area contributed by atoms with Gasteiger partial charge in [-0.05, 0) is 39.2 Å². The maximum Gasteiger partial charge on any atom is 0.259 e. The first-order valence-electron chi connectivity index (χ1n) is 7.18. The fourth-order valence-electron chi connectivity index (χ4n) is 2.22. The number of hydrogen-bond acceptors (Lipinski definition) is 4. The summed E-state index contributed by atoms with van der Waals surface area (Å²) in [6.45, 7) is 7.56. The topological polar surface area (TPSA) is 90.0 Å². The van der Waals surface area contributed by atoms with E-state index < -0.39 is 10.0 Å². The monoisotopic (exact) mass is 302 g/mol. The van der Waals surface area contributed by atoms with Crippen molar-refractivity contribution in [3.05, 3.63) is 12.0 Å². The normalized spacial score (nSPS) is 13.6. The van der Waals surface area contributed by atoms with Gasteiger partial charge in [0.05, 0.1) is 0 Å². The lowest BCUT2D eigenvalue weighted by Gasteiger charge is -2.15. The van der Waals surface area contributed by atoms with E-state index in [9.17, 15) is 8.42 Å². The van der Waals surface area contributed by atoms with E-state index >= 15 is 0 Å². The standard InChI is InChI=1S/C13H26N4O2S/c1-4-6-12(7-8-14)9-15-20(18,19)13-10-17(5-2)11(3)16-13/h10,12,15H,4-9,14H2,1-3H3. The Morgan fingerprint density at radius 1 is 1.40 bits per heavy atom. The largest absolute Gasteiger partial charge is 0.334 e. The Balaban J connectivity index is 2.73. The molecule has 0 aliphatic heterocycles. The lowest BCUT2D eigenvalue weighted by molar-refractivity contribution is 0.443. The van der Waals surface area contributed by atoms with E-state index in [1.807, 2.05) is 11.5 Å². The minimum absolute atomic E-state index is 0.0971. The molecule has 1 atom stereocenters. The number of nitrogens with two attached hydrogens (primary N) is 1. The smallest absolute Gasteiger partial charge is 0.259 e. The molecule has 0 aliphatic rings. The van der Waals surface area contributed by atoms with E-state index in [1.54, 1.807) is 13.1 Å². The first kappa shape index (κ1) is 17.1. The number of aromatic nitrogens is 2. The lowest BCUT2D eigenvalue weighted by atomic mass is 10.0. The molecule has 1 aromatic heterocycles. The zero-order valence-corrected chi connectivity index (χ0v) is 13.4. The molecule has 1 unspecified atom stereocenters. The predicted molar refractivity (Wildman–Crippen MR) is 79.9 cm³/mol. The molecular weight excluding hydrogens is 276 g/mol. The van der Waals surface area contributed by atoms with Crippen LogP contribution in [0, 0.1) is 12.8 Å². The average molecular weight is 302 g/mol. The number of aryl methyl sites for hydroxylation is 2. The summed E-state index contributed by atoms with van der Waals surface area (Å²) in [7, 11) is -3.53. The summed E-state index contributed by atoms with van der Waals surface area (Å²) in [6.07, 6.45) is 4.41. The van der Waals surface area contributed by atoms with Crippen LogP contribution in [0.25, 0.3) is 0 Å². The number of imidazole rings is 1. The summed E-state index contributed by atoms with van der Waals surface area (Å²) >= 11 is 0. The average Bonchev–Trinajstić information content (AvgIpc) is 2.79. The summed E-state index contributed by atoms with van der Waals surface area (Å²) < 4.78 is 28.9. The molecule has 0 bridgehead atoms. The van der Waals surface area contributed by atoms with Gasteiger partial charge in [0.25, 0.3) is 10.0 Å². The van der Waals surface area contributed by atoms with Gasteiger partial charge in [-0.1, -0.05) is 13.3 Å². The summed E-state index contributed by atoms with van der Waals surface area (Å²) in [4.78, 5) is 4.11. The number of sulfonamides is 1. The van der Waals surface area contributed by atoms with Gasteiger partial charge in [0, 0.05) is 19.3 Å². The molecule has 1 heterocycles. The molecule has 0 saturated carbocycles. The third kappa shape index (κ3) is 4.57. The van der Waals surface area contributed by atoms with Crippen molar-refractivity contribution >= 4 is 10.0 Å². The molecule has 20 heavy (non-hydrogen) atoms. The van der Waals surface area contributed by atoms with Gasteiger partial charge in [-0.15, -0.1) is 0 Å². The molecule has 0 spiro atoms. The van der Waals surface area contributed by atoms with Gasteiger partial charge in [0.15, 0.2) is 5.03 Å². The summed E-state index contributed by atoms with van der Waals surface area (Å²) in [5, 5.41) is 0.0971. The van der Waals surface area contributed by atoms with Crippen LogP contribution < -0.4 is 10.5 Å². The molecule has 1 aromatic rings. The van der Waals surface area contributed by atoms with Gasteiger partial charge in [-0.25, -0.2) is 18.1 Å². The van der Waals surface area contributed by atoms with Crippen LogP contribution in [0.1, 0.15) is 38.9 Å². The second kappa shape index (κ2) is 7.75. The molecule has 0 aliphatic carbocycles. The Labute approximate surface area is 121 Å². The summed E-state index contributed by atoms with van der Waals surface area (Å²) in [5.74, 6) is 0.995. The molecule has 0 saturated heterocycles. The van der Waals surface area contributed by atoms with Crippen molar-refractivity contribution in [2.75, 3.05) is 13.1 Å². The van der Waals surface area contributed by atoms with E-state index in [0.717, 1.165) is 19.3 Å². The Morgan fingerprint density at radius 2 is 2.10 bits per heavy atom. The Morgan fingerprint density at radius 3 is 2.60 bits per heavy atom. The van der Waals surface area contributed by atoms with Crippen molar-refractivity contribution in [1.29, 1.82) is 0 Å². The van der Waals surface area contributed by atoms with E-state index in [2.05, 4.69) is 16.6 Å². The molecule has 3 N–H and O–H groups in total. The highest BCUT2D eigenvalue weighted by Crippen LogP contribution is 2.12. The number of nitrogens with zero attached hydrogens (tertiary/aromatic N) is 2. The minimum Gasteiger partial charge on any atom is -0.334 e. The maximum absolute atomic E-state index is 12.2. The van der Waals surface area contributed by atoms with Crippen LogP contribution in [-0.4, -0.2) is 31.1 Å². The van der Waals surface area contributed by atoms with E-state index in [1.165, 1.54) is 0 Å². The molecule has 0 fully saturated rings. The molecule has 116 valence electrons. The van der Waals surface area contributed by atoms with E-state index in [0.29, 0.717) is 25.5 Å². The third-order valence-electron chi connectivity index (χ3n) is 3.40. The van der Waals surface area contributed by atoms with Gasteiger partial charge in [-0.2, -0.15) is 0 Å². The van der Waals surface area contributed by atoms with Gasteiger partial charge in [-0.3, -0.25) is 0 Å². The van der Waals surface area contributed by atoms with Crippen molar-refractivity contribution in [3.8, 4) is 0 Å². The molecule has 0 amide bonds. The molecular formula is C13H26N4O2S. The first-order valence-corrected chi connectivity index (χ1v) is 8.66.